The zero-order valence-electron chi connectivity index (χ0n) is 13.4. The summed E-state index contributed by atoms with van der Waals surface area (Å²) < 4.78 is 11.7. The Morgan fingerprint density at radius 2 is 2.04 bits per heavy atom. The molecule has 1 heterocycles. The molecule has 0 unspecified atom stereocenters. The highest BCUT2D eigenvalue weighted by molar-refractivity contribution is 7.99. The number of carbonyl (C=O) groups excluding carboxylic acids is 1. The molecule has 1 aromatic heterocycles. The van der Waals surface area contributed by atoms with E-state index in [2.05, 4.69) is 10.2 Å². The molecular weight excluding hydrogens is 316 g/mol. The van der Waals surface area contributed by atoms with E-state index in [1.54, 1.807) is 7.11 Å². The summed E-state index contributed by atoms with van der Waals surface area (Å²) in [5.41, 5.74) is 0.815. The van der Waals surface area contributed by atoms with Crippen LogP contribution in [0.4, 0.5) is 0 Å². The Morgan fingerprint density at radius 3 is 2.65 bits per heavy atom. The van der Waals surface area contributed by atoms with Crippen molar-refractivity contribution in [2.75, 3.05) is 18.7 Å². The van der Waals surface area contributed by atoms with Gasteiger partial charge in [0.2, 0.25) is 5.16 Å². The van der Waals surface area contributed by atoms with Crippen molar-refractivity contribution < 1.29 is 14.3 Å². The average molecular weight is 336 g/mol. The van der Waals surface area contributed by atoms with Gasteiger partial charge in [-0.25, -0.2) is 4.68 Å². The molecule has 0 saturated carbocycles. The van der Waals surface area contributed by atoms with E-state index in [0.717, 1.165) is 17.7 Å². The van der Waals surface area contributed by atoms with Crippen LogP contribution in [0.25, 0.3) is 11.4 Å². The lowest BCUT2D eigenvalue weighted by atomic mass is 10.2. The van der Waals surface area contributed by atoms with Crippen LogP contribution in [0.5, 0.6) is 5.75 Å². The first-order chi connectivity index (χ1) is 11.0. The number of esters is 1. The SMILES string of the molecule is CC[C@H](C)OC(=O)CSc1nnc(-c2ccc(OC)cc2)n1N. The van der Waals surface area contributed by atoms with Crippen LogP contribution < -0.4 is 10.6 Å². The normalized spacial score (nSPS) is 12.0. The van der Waals surface area contributed by atoms with Gasteiger partial charge in [-0.15, -0.1) is 10.2 Å². The standard InChI is InChI=1S/C15H20N4O3S/c1-4-10(2)22-13(20)9-23-15-18-17-14(19(15)16)11-5-7-12(21-3)8-6-11/h5-8,10H,4,9,16H2,1-3H3/t10-/m0/s1. The maximum atomic E-state index is 11.7. The van der Waals surface area contributed by atoms with E-state index < -0.39 is 0 Å². The average Bonchev–Trinajstić information content (AvgIpc) is 2.93. The predicted molar refractivity (Wildman–Crippen MR) is 88.7 cm³/mol. The van der Waals surface area contributed by atoms with Crippen LogP contribution in [0.1, 0.15) is 20.3 Å². The number of nitrogen functional groups attached to an aromatic ring is 1. The lowest BCUT2D eigenvalue weighted by molar-refractivity contribution is -0.144. The number of aromatic nitrogens is 3. The first-order valence-electron chi connectivity index (χ1n) is 7.22. The van der Waals surface area contributed by atoms with E-state index >= 15 is 0 Å². The highest BCUT2D eigenvalue weighted by Crippen LogP contribution is 2.23. The Kier molecular flexibility index (Phi) is 5.86. The van der Waals surface area contributed by atoms with Gasteiger partial charge >= 0.3 is 5.97 Å². The zero-order valence-corrected chi connectivity index (χ0v) is 14.2. The predicted octanol–water partition coefficient (Wildman–Crippen LogP) is 2.10. The summed E-state index contributed by atoms with van der Waals surface area (Å²) in [6.07, 6.45) is 0.694. The van der Waals surface area contributed by atoms with Crippen LogP contribution in [-0.4, -0.2) is 39.8 Å². The number of nitrogens with two attached hydrogens (primary N) is 1. The summed E-state index contributed by atoms with van der Waals surface area (Å²) in [6, 6.07) is 7.33. The third-order valence-corrected chi connectivity index (χ3v) is 4.16. The number of methoxy groups -OCH3 is 1. The molecule has 0 spiro atoms. The number of thioether (sulfide) groups is 1. The quantitative estimate of drug-likeness (QED) is 0.470. The molecule has 2 rings (SSSR count). The van der Waals surface area contributed by atoms with Gasteiger partial charge in [0.15, 0.2) is 5.82 Å². The van der Waals surface area contributed by atoms with E-state index in [4.69, 9.17) is 15.3 Å². The number of hydrogen-bond donors (Lipinski definition) is 1. The summed E-state index contributed by atoms with van der Waals surface area (Å²) in [5.74, 6) is 7.12. The molecule has 0 amide bonds. The molecule has 1 atom stereocenters. The second kappa shape index (κ2) is 7.87. The molecule has 0 saturated heterocycles. The molecular formula is C15H20N4O3S. The lowest BCUT2D eigenvalue weighted by Gasteiger charge is -2.10. The minimum absolute atomic E-state index is 0.0892. The largest absolute Gasteiger partial charge is 0.497 e. The first kappa shape index (κ1) is 17.1. The molecule has 0 aliphatic carbocycles. The van der Waals surface area contributed by atoms with Crippen LogP contribution in [-0.2, 0) is 9.53 Å². The maximum absolute atomic E-state index is 11.7. The molecule has 0 radical (unpaired) electrons. The van der Waals surface area contributed by atoms with Gasteiger partial charge in [-0.1, -0.05) is 18.7 Å². The van der Waals surface area contributed by atoms with Crippen LogP contribution in [0.3, 0.4) is 0 Å². The zero-order chi connectivity index (χ0) is 16.8. The minimum atomic E-state index is -0.293. The van der Waals surface area contributed by atoms with E-state index in [1.165, 1.54) is 16.4 Å². The Morgan fingerprint density at radius 1 is 1.35 bits per heavy atom. The molecule has 1 aromatic carbocycles. The van der Waals surface area contributed by atoms with E-state index in [-0.39, 0.29) is 17.8 Å². The molecule has 124 valence electrons. The summed E-state index contributed by atoms with van der Waals surface area (Å²) in [5, 5.41) is 8.54. The van der Waals surface area contributed by atoms with Crippen molar-refractivity contribution in [3.05, 3.63) is 24.3 Å². The van der Waals surface area contributed by atoms with E-state index in [9.17, 15) is 4.79 Å². The van der Waals surface area contributed by atoms with Gasteiger partial charge < -0.3 is 15.3 Å². The third kappa shape index (κ3) is 4.38. The molecule has 0 aliphatic rings. The van der Waals surface area contributed by atoms with Crippen molar-refractivity contribution in [2.45, 2.75) is 31.5 Å². The van der Waals surface area contributed by atoms with Crippen molar-refractivity contribution in [2.24, 2.45) is 0 Å². The van der Waals surface area contributed by atoms with Crippen molar-refractivity contribution in [3.8, 4) is 17.1 Å². The summed E-state index contributed by atoms with van der Waals surface area (Å²) in [4.78, 5) is 11.7. The molecule has 0 aliphatic heterocycles. The summed E-state index contributed by atoms with van der Waals surface area (Å²) >= 11 is 1.20. The van der Waals surface area contributed by atoms with Gasteiger partial charge in [0, 0.05) is 5.56 Å². The fraction of sp³-hybridized carbons (Fsp3) is 0.400. The van der Waals surface area contributed by atoms with Crippen LogP contribution in [0, 0.1) is 0 Å². The fourth-order valence-electron chi connectivity index (χ4n) is 1.78. The molecule has 2 N–H and O–H groups in total. The Labute approximate surface area is 139 Å². The number of ether oxygens (including phenoxy) is 2. The molecule has 0 bridgehead atoms. The van der Waals surface area contributed by atoms with Crippen molar-refractivity contribution in [1.29, 1.82) is 0 Å². The van der Waals surface area contributed by atoms with Gasteiger partial charge in [0.1, 0.15) is 5.75 Å². The van der Waals surface area contributed by atoms with Crippen molar-refractivity contribution >= 4 is 17.7 Å². The van der Waals surface area contributed by atoms with Crippen molar-refractivity contribution in [1.82, 2.24) is 14.9 Å². The Balaban J connectivity index is 2.02. The number of nitrogens with zero attached hydrogens (tertiary/aromatic N) is 3. The Bertz CT molecular complexity index is 657. The highest BCUT2D eigenvalue weighted by Gasteiger charge is 2.15. The number of rotatable bonds is 7. The summed E-state index contributed by atoms with van der Waals surface area (Å²) in [7, 11) is 1.60. The van der Waals surface area contributed by atoms with Crippen molar-refractivity contribution in [3.63, 3.8) is 0 Å². The molecule has 0 fully saturated rings. The second-order valence-electron chi connectivity index (χ2n) is 4.90. The summed E-state index contributed by atoms with van der Waals surface area (Å²) in [6.45, 7) is 3.82. The lowest BCUT2D eigenvalue weighted by Crippen LogP contribution is -2.17. The number of carbonyl (C=O) groups is 1. The smallest absolute Gasteiger partial charge is 0.316 e. The second-order valence-corrected chi connectivity index (χ2v) is 5.84. The Hall–Kier alpha value is -2.22. The molecule has 2 aromatic rings. The third-order valence-electron chi connectivity index (χ3n) is 3.24. The number of hydrogen-bond acceptors (Lipinski definition) is 7. The van der Waals surface area contributed by atoms with Gasteiger partial charge in [-0.3, -0.25) is 4.79 Å². The number of benzene rings is 1. The van der Waals surface area contributed by atoms with Gasteiger partial charge in [-0.2, -0.15) is 0 Å². The van der Waals surface area contributed by atoms with Crippen LogP contribution in [0.2, 0.25) is 0 Å². The molecule has 8 heteroatoms. The fourth-order valence-corrected chi connectivity index (χ4v) is 2.42. The molecule has 7 nitrogen and oxygen atoms in total. The highest BCUT2D eigenvalue weighted by atomic mass is 32.2. The molecule has 23 heavy (non-hydrogen) atoms. The monoisotopic (exact) mass is 336 g/mol. The van der Waals surface area contributed by atoms with Gasteiger partial charge in [-0.05, 0) is 37.6 Å². The maximum Gasteiger partial charge on any atom is 0.316 e. The van der Waals surface area contributed by atoms with E-state index in [0.29, 0.717) is 11.0 Å². The van der Waals surface area contributed by atoms with Gasteiger partial charge in [0.25, 0.3) is 0 Å². The van der Waals surface area contributed by atoms with Crippen LogP contribution >= 0.6 is 11.8 Å². The minimum Gasteiger partial charge on any atom is -0.497 e. The van der Waals surface area contributed by atoms with Gasteiger partial charge in [0.05, 0.1) is 19.0 Å². The first-order valence-corrected chi connectivity index (χ1v) is 8.20. The topological polar surface area (TPSA) is 92.3 Å². The van der Waals surface area contributed by atoms with E-state index in [1.807, 2.05) is 38.1 Å². The van der Waals surface area contributed by atoms with Crippen LogP contribution in [0.15, 0.2) is 29.4 Å².